The van der Waals surface area contributed by atoms with E-state index in [2.05, 4.69) is 10.3 Å². The maximum atomic E-state index is 12.0. The first kappa shape index (κ1) is 17.8. The lowest BCUT2D eigenvalue weighted by Crippen LogP contribution is -2.20. The molecule has 3 aromatic rings. The van der Waals surface area contributed by atoms with E-state index in [1.54, 1.807) is 11.4 Å². The molecule has 1 amide bonds. The molecule has 7 nitrogen and oxygen atoms in total. The number of anilines is 1. The summed E-state index contributed by atoms with van der Waals surface area (Å²) in [5, 5.41) is 16.0. The summed E-state index contributed by atoms with van der Waals surface area (Å²) in [6.45, 7) is -0.237. The van der Waals surface area contributed by atoms with Crippen molar-refractivity contribution in [3.05, 3.63) is 69.0 Å². The van der Waals surface area contributed by atoms with E-state index in [4.69, 9.17) is 16.3 Å². The predicted octanol–water partition coefficient (Wildman–Crippen LogP) is 4.39. The van der Waals surface area contributed by atoms with Gasteiger partial charge in [0.05, 0.1) is 10.6 Å². The predicted molar refractivity (Wildman–Crippen MR) is 99.8 cm³/mol. The number of hydrogen-bond acceptors (Lipinski definition) is 6. The molecule has 0 unspecified atom stereocenters. The number of nitrogens with one attached hydrogen (secondary N) is 1. The molecule has 26 heavy (non-hydrogen) atoms. The second kappa shape index (κ2) is 7.94. The standard InChI is InChI=1S/C17H12ClN3O4S/c18-14-4-2-1-3-13(14)15-10-26-17(19-15)20-16(22)9-25-12-7-5-11(6-8-12)21(23)24/h1-8,10H,9H2,(H,19,20,22). The van der Waals surface area contributed by atoms with Crippen LogP contribution < -0.4 is 10.1 Å². The van der Waals surface area contributed by atoms with Crippen LogP contribution in [-0.2, 0) is 4.79 Å². The Balaban J connectivity index is 1.57. The van der Waals surface area contributed by atoms with Crippen LogP contribution in [0.4, 0.5) is 10.8 Å². The number of carbonyl (C=O) groups is 1. The molecule has 1 aromatic heterocycles. The van der Waals surface area contributed by atoms with Gasteiger partial charge in [-0.2, -0.15) is 0 Å². The van der Waals surface area contributed by atoms with E-state index in [0.717, 1.165) is 5.56 Å². The monoisotopic (exact) mass is 389 g/mol. The highest BCUT2D eigenvalue weighted by Gasteiger charge is 2.11. The molecule has 132 valence electrons. The molecular formula is C17H12ClN3O4S. The van der Waals surface area contributed by atoms with Gasteiger partial charge in [-0.15, -0.1) is 11.3 Å². The Morgan fingerprint density at radius 3 is 2.65 bits per heavy atom. The molecule has 0 bridgehead atoms. The van der Waals surface area contributed by atoms with Gasteiger partial charge in [0, 0.05) is 28.1 Å². The van der Waals surface area contributed by atoms with Crippen LogP contribution in [0.5, 0.6) is 5.75 Å². The summed E-state index contributed by atoms with van der Waals surface area (Å²) in [6, 6.07) is 12.8. The van der Waals surface area contributed by atoms with E-state index in [-0.39, 0.29) is 18.2 Å². The number of amides is 1. The third-order valence-corrected chi connectivity index (χ3v) is 4.41. The topological polar surface area (TPSA) is 94.4 Å². The Kier molecular flexibility index (Phi) is 5.45. The van der Waals surface area contributed by atoms with E-state index in [9.17, 15) is 14.9 Å². The normalized spacial score (nSPS) is 10.3. The third kappa shape index (κ3) is 4.35. The first-order valence-corrected chi connectivity index (χ1v) is 8.66. The fraction of sp³-hybridized carbons (Fsp3) is 0.0588. The van der Waals surface area contributed by atoms with Gasteiger partial charge in [0.2, 0.25) is 0 Å². The van der Waals surface area contributed by atoms with Gasteiger partial charge < -0.3 is 4.74 Å². The summed E-state index contributed by atoms with van der Waals surface area (Å²) < 4.78 is 5.31. The number of ether oxygens (including phenoxy) is 1. The smallest absolute Gasteiger partial charge is 0.269 e. The fourth-order valence-corrected chi connectivity index (χ4v) is 3.05. The average molecular weight is 390 g/mol. The van der Waals surface area contributed by atoms with Gasteiger partial charge in [-0.25, -0.2) is 4.98 Å². The number of non-ortho nitro benzene ring substituents is 1. The number of carbonyl (C=O) groups excluding carboxylic acids is 1. The number of nitrogens with zero attached hydrogens (tertiary/aromatic N) is 2. The van der Waals surface area contributed by atoms with Gasteiger partial charge in [-0.05, 0) is 18.2 Å². The number of nitro benzene ring substituents is 1. The minimum Gasteiger partial charge on any atom is -0.484 e. The lowest BCUT2D eigenvalue weighted by molar-refractivity contribution is -0.384. The molecule has 0 fully saturated rings. The molecular weight excluding hydrogens is 378 g/mol. The van der Waals surface area contributed by atoms with Crippen LogP contribution in [0.3, 0.4) is 0 Å². The highest BCUT2D eigenvalue weighted by Crippen LogP contribution is 2.30. The summed E-state index contributed by atoms with van der Waals surface area (Å²) in [6.07, 6.45) is 0. The van der Waals surface area contributed by atoms with Gasteiger partial charge in [-0.3, -0.25) is 20.2 Å². The van der Waals surface area contributed by atoms with Crippen molar-refractivity contribution in [1.29, 1.82) is 0 Å². The van der Waals surface area contributed by atoms with Crippen molar-refractivity contribution in [2.45, 2.75) is 0 Å². The Hall–Kier alpha value is -2.97. The van der Waals surface area contributed by atoms with Crippen molar-refractivity contribution in [2.24, 2.45) is 0 Å². The number of thiazole rings is 1. The molecule has 0 saturated carbocycles. The minimum absolute atomic E-state index is 0.0447. The second-order valence-electron chi connectivity index (χ2n) is 5.11. The zero-order chi connectivity index (χ0) is 18.5. The van der Waals surface area contributed by atoms with Gasteiger partial charge in [0.1, 0.15) is 5.75 Å². The zero-order valence-electron chi connectivity index (χ0n) is 13.2. The molecule has 3 rings (SSSR count). The summed E-state index contributed by atoms with van der Waals surface area (Å²) in [5.41, 5.74) is 1.41. The molecule has 0 aliphatic heterocycles. The number of halogens is 1. The largest absolute Gasteiger partial charge is 0.484 e. The van der Waals surface area contributed by atoms with Crippen molar-refractivity contribution in [2.75, 3.05) is 11.9 Å². The molecule has 0 radical (unpaired) electrons. The molecule has 2 aromatic carbocycles. The third-order valence-electron chi connectivity index (χ3n) is 3.32. The molecule has 1 heterocycles. The highest BCUT2D eigenvalue weighted by molar-refractivity contribution is 7.14. The molecule has 9 heteroatoms. The summed E-state index contributed by atoms with van der Waals surface area (Å²) in [4.78, 5) is 26.4. The number of nitro groups is 1. The van der Waals surface area contributed by atoms with Gasteiger partial charge in [-0.1, -0.05) is 29.8 Å². The molecule has 0 atom stereocenters. The number of aromatic nitrogens is 1. The Morgan fingerprint density at radius 1 is 1.23 bits per heavy atom. The van der Waals surface area contributed by atoms with E-state index in [0.29, 0.717) is 21.6 Å². The molecule has 0 aliphatic carbocycles. The van der Waals surface area contributed by atoms with E-state index in [1.165, 1.54) is 35.6 Å². The maximum absolute atomic E-state index is 12.0. The average Bonchev–Trinajstić information content (AvgIpc) is 3.09. The number of rotatable bonds is 6. The molecule has 0 saturated heterocycles. The van der Waals surface area contributed by atoms with Crippen LogP contribution in [0.1, 0.15) is 0 Å². The maximum Gasteiger partial charge on any atom is 0.269 e. The number of benzene rings is 2. The quantitative estimate of drug-likeness (QED) is 0.498. The lowest BCUT2D eigenvalue weighted by Gasteiger charge is -2.05. The Labute approximate surface area is 157 Å². The van der Waals surface area contributed by atoms with Crippen molar-refractivity contribution >= 4 is 39.7 Å². The van der Waals surface area contributed by atoms with Crippen LogP contribution in [0.25, 0.3) is 11.3 Å². The Morgan fingerprint density at radius 2 is 1.96 bits per heavy atom. The van der Waals surface area contributed by atoms with Crippen LogP contribution in [0, 0.1) is 10.1 Å². The van der Waals surface area contributed by atoms with Gasteiger partial charge in [0.15, 0.2) is 11.7 Å². The van der Waals surface area contributed by atoms with Crippen LogP contribution in [0.15, 0.2) is 53.9 Å². The van der Waals surface area contributed by atoms with Crippen molar-refractivity contribution in [1.82, 2.24) is 4.98 Å². The summed E-state index contributed by atoms with van der Waals surface area (Å²) in [5.74, 6) is -0.0231. The zero-order valence-corrected chi connectivity index (χ0v) is 14.8. The van der Waals surface area contributed by atoms with Crippen molar-refractivity contribution < 1.29 is 14.5 Å². The molecule has 0 spiro atoms. The molecule has 0 aliphatic rings. The second-order valence-corrected chi connectivity index (χ2v) is 6.37. The van der Waals surface area contributed by atoms with Crippen molar-refractivity contribution in [3.63, 3.8) is 0 Å². The molecule has 1 N–H and O–H groups in total. The van der Waals surface area contributed by atoms with E-state index in [1.807, 2.05) is 18.2 Å². The minimum atomic E-state index is -0.504. The lowest BCUT2D eigenvalue weighted by atomic mass is 10.2. The SMILES string of the molecule is O=C(COc1ccc([N+](=O)[O-])cc1)Nc1nc(-c2ccccc2Cl)cs1. The highest BCUT2D eigenvalue weighted by atomic mass is 35.5. The van der Waals surface area contributed by atoms with Crippen molar-refractivity contribution in [3.8, 4) is 17.0 Å². The Bertz CT molecular complexity index is 943. The first-order chi connectivity index (χ1) is 12.5. The van der Waals surface area contributed by atoms with E-state index < -0.39 is 4.92 Å². The first-order valence-electron chi connectivity index (χ1n) is 7.40. The van der Waals surface area contributed by atoms with Gasteiger partial charge >= 0.3 is 0 Å². The summed E-state index contributed by atoms with van der Waals surface area (Å²) in [7, 11) is 0. The van der Waals surface area contributed by atoms with Crippen LogP contribution in [-0.4, -0.2) is 22.4 Å². The number of hydrogen-bond donors (Lipinski definition) is 1. The van der Waals surface area contributed by atoms with E-state index >= 15 is 0 Å². The fourth-order valence-electron chi connectivity index (χ4n) is 2.09. The summed E-state index contributed by atoms with van der Waals surface area (Å²) >= 11 is 7.41. The van der Waals surface area contributed by atoms with Crippen LogP contribution >= 0.6 is 22.9 Å². The van der Waals surface area contributed by atoms with Crippen LogP contribution in [0.2, 0.25) is 5.02 Å². The van der Waals surface area contributed by atoms with Gasteiger partial charge in [0.25, 0.3) is 11.6 Å².